The van der Waals surface area contributed by atoms with E-state index in [0.717, 1.165) is 11.1 Å². The fourth-order valence-corrected chi connectivity index (χ4v) is 6.17. The Morgan fingerprint density at radius 1 is 1.19 bits per heavy atom. The molecule has 168 valence electrons. The second-order valence-electron chi connectivity index (χ2n) is 8.36. The van der Waals surface area contributed by atoms with E-state index in [1.807, 2.05) is 38.1 Å². The Hall–Kier alpha value is -3.07. The predicted octanol–water partition coefficient (Wildman–Crippen LogP) is 3.10. The summed E-state index contributed by atoms with van der Waals surface area (Å²) in [4.78, 5) is 28.5. The lowest BCUT2D eigenvalue weighted by Crippen LogP contribution is -2.52. The quantitative estimate of drug-likeness (QED) is 0.740. The van der Waals surface area contributed by atoms with Crippen molar-refractivity contribution in [3.05, 3.63) is 47.0 Å². The van der Waals surface area contributed by atoms with E-state index in [1.165, 1.54) is 14.2 Å². The van der Waals surface area contributed by atoms with Gasteiger partial charge >= 0.3 is 0 Å². The number of carbonyl (C=O) groups is 2. The van der Waals surface area contributed by atoms with Crippen LogP contribution in [0.25, 0.3) is 0 Å². The van der Waals surface area contributed by atoms with Gasteiger partial charge in [0.1, 0.15) is 11.4 Å². The molecule has 0 spiro atoms. The minimum absolute atomic E-state index is 0.199. The molecule has 1 saturated heterocycles. The van der Waals surface area contributed by atoms with Gasteiger partial charge in [-0.25, -0.2) is 0 Å². The van der Waals surface area contributed by atoms with Crippen LogP contribution in [0.4, 0.5) is 0 Å². The van der Waals surface area contributed by atoms with Crippen molar-refractivity contribution in [1.82, 2.24) is 10.2 Å². The number of nitrogens with one attached hydrogen (secondary N) is 1. The van der Waals surface area contributed by atoms with Crippen LogP contribution < -0.4 is 24.3 Å². The summed E-state index contributed by atoms with van der Waals surface area (Å²) in [6.45, 7) is 4.51. The smallest absolute Gasteiger partial charge is 0.260 e. The molecule has 3 aliphatic heterocycles. The average molecular weight is 457 g/mol. The van der Waals surface area contributed by atoms with Gasteiger partial charge < -0.3 is 29.2 Å². The summed E-state index contributed by atoms with van der Waals surface area (Å²) < 4.78 is 21.1. The van der Waals surface area contributed by atoms with Crippen molar-refractivity contribution in [3.63, 3.8) is 0 Å². The molecule has 2 aromatic carbocycles. The summed E-state index contributed by atoms with van der Waals surface area (Å²) >= 11 is 1.60. The summed E-state index contributed by atoms with van der Waals surface area (Å²) in [5.74, 6) is 1.84. The van der Waals surface area contributed by atoms with Gasteiger partial charge in [-0.3, -0.25) is 9.59 Å². The van der Waals surface area contributed by atoms with Gasteiger partial charge in [-0.15, -0.1) is 11.8 Å². The van der Waals surface area contributed by atoms with Crippen LogP contribution in [0.1, 0.15) is 40.7 Å². The van der Waals surface area contributed by atoms with E-state index in [4.69, 9.17) is 18.9 Å². The summed E-state index contributed by atoms with van der Waals surface area (Å²) in [5, 5.41) is 2.74. The third kappa shape index (κ3) is 3.06. The monoisotopic (exact) mass is 456 g/mol. The van der Waals surface area contributed by atoms with E-state index in [2.05, 4.69) is 5.32 Å². The first kappa shape index (κ1) is 20.8. The minimum Gasteiger partial charge on any atom is -0.493 e. The third-order valence-corrected chi connectivity index (χ3v) is 7.58. The van der Waals surface area contributed by atoms with Crippen molar-refractivity contribution in [1.29, 1.82) is 0 Å². The first-order valence-electron chi connectivity index (χ1n) is 10.3. The Bertz CT molecular complexity index is 1120. The lowest BCUT2D eigenvalue weighted by Gasteiger charge is -2.29. The molecular weight excluding hydrogens is 432 g/mol. The number of carbonyl (C=O) groups excluding carboxylic acids is 2. The maximum atomic E-state index is 13.5. The molecule has 1 N–H and O–H groups in total. The highest BCUT2D eigenvalue weighted by Gasteiger charge is 2.58. The van der Waals surface area contributed by atoms with Gasteiger partial charge in [-0.1, -0.05) is 12.1 Å². The van der Waals surface area contributed by atoms with E-state index < -0.39 is 10.8 Å². The van der Waals surface area contributed by atoms with Crippen molar-refractivity contribution in [2.24, 2.45) is 0 Å². The van der Waals surface area contributed by atoms with Crippen LogP contribution in [0, 0.1) is 0 Å². The molecule has 0 radical (unpaired) electrons. The molecule has 8 nitrogen and oxygen atoms in total. The molecule has 3 aliphatic rings. The van der Waals surface area contributed by atoms with E-state index in [-0.39, 0.29) is 24.0 Å². The minimum atomic E-state index is -0.637. The SMILES string of the molecule is COc1ccc2c(c1OC)C(=O)N1[C@@H]2SC(C)(C)[C@@H]1C(=O)NCc1ccc2c(c1)OCO2. The number of hydrogen-bond acceptors (Lipinski definition) is 7. The van der Waals surface area contributed by atoms with Gasteiger partial charge in [0, 0.05) is 16.9 Å². The standard InChI is InChI=1S/C23H24N2O6S/c1-23(2)19(20(26)24-10-12-5-7-14-16(9-12)31-11-30-14)25-21(27)17-13(22(25)32-23)6-8-15(28-3)18(17)29-4/h5-9,19,22H,10-11H2,1-4H3,(H,24,26)/t19-,22+/m0/s1. The van der Waals surface area contributed by atoms with Gasteiger partial charge in [0.2, 0.25) is 12.7 Å². The van der Waals surface area contributed by atoms with Gasteiger partial charge in [0.05, 0.1) is 19.8 Å². The number of thioether (sulfide) groups is 1. The number of amides is 2. The third-order valence-electron chi connectivity index (χ3n) is 6.05. The van der Waals surface area contributed by atoms with Crippen molar-refractivity contribution in [3.8, 4) is 23.0 Å². The van der Waals surface area contributed by atoms with Crippen LogP contribution in [0.15, 0.2) is 30.3 Å². The van der Waals surface area contributed by atoms with Crippen LogP contribution in [-0.4, -0.2) is 48.5 Å². The molecule has 1 fully saturated rings. The van der Waals surface area contributed by atoms with E-state index in [0.29, 0.717) is 35.1 Å². The van der Waals surface area contributed by atoms with Crippen molar-refractivity contribution in [2.75, 3.05) is 21.0 Å². The second kappa shape index (κ2) is 7.51. The number of nitrogens with zero attached hydrogens (tertiary/aromatic N) is 1. The van der Waals surface area contributed by atoms with Crippen LogP contribution in [0.3, 0.4) is 0 Å². The highest BCUT2D eigenvalue weighted by Crippen LogP contribution is 2.58. The first-order valence-corrected chi connectivity index (χ1v) is 11.1. The highest BCUT2D eigenvalue weighted by molar-refractivity contribution is 8.01. The van der Waals surface area contributed by atoms with Crippen molar-refractivity contribution in [2.45, 2.75) is 36.6 Å². The zero-order valence-corrected chi connectivity index (χ0v) is 19.1. The number of hydrogen-bond donors (Lipinski definition) is 1. The van der Waals surface area contributed by atoms with E-state index in [1.54, 1.807) is 22.7 Å². The number of methoxy groups -OCH3 is 2. The normalized spacial score (nSPS) is 21.9. The maximum absolute atomic E-state index is 13.5. The number of rotatable bonds is 5. The molecule has 0 unspecified atom stereocenters. The molecule has 3 heterocycles. The summed E-state index contributed by atoms with van der Waals surface area (Å²) in [7, 11) is 3.05. The summed E-state index contributed by atoms with van der Waals surface area (Å²) in [6, 6.07) is 8.62. The molecule has 2 amide bonds. The Labute approximate surface area is 190 Å². The fourth-order valence-electron chi connectivity index (χ4n) is 4.59. The van der Waals surface area contributed by atoms with Gasteiger partial charge in [-0.2, -0.15) is 0 Å². The second-order valence-corrected chi connectivity index (χ2v) is 10.1. The average Bonchev–Trinajstić information content (AvgIpc) is 3.43. The molecule has 2 atom stereocenters. The summed E-state index contributed by atoms with van der Waals surface area (Å²) in [6.07, 6.45) is 0. The molecule has 0 saturated carbocycles. The van der Waals surface area contributed by atoms with Crippen LogP contribution in [0.2, 0.25) is 0 Å². The molecule has 2 aromatic rings. The van der Waals surface area contributed by atoms with Gasteiger partial charge in [-0.05, 0) is 37.6 Å². The van der Waals surface area contributed by atoms with E-state index in [9.17, 15) is 9.59 Å². The van der Waals surface area contributed by atoms with Crippen LogP contribution in [-0.2, 0) is 11.3 Å². The molecule has 0 bridgehead atoms. The topological polar surface area (TPSA) is 86.3 Å². The van der Waals surface area contributed by atoms with E-state index >= 15 is 0 Å². The number of benzene rings is 2. The highest BCUT2D eigenvalue weighted by atomic mass is 32.2. The molecule has 0 aliphatic carbocycles. The van der Waals surface area contributed by atoms with Crippen LogP contribution >= 0.6 is 11.8 Å². The van der Waals surface area contributed by atoms with Gasteiger partial charge in [0.15, 0.2) is 23.0 Å². The summed E-state index contributed by atoms with van der Waals surface area (Å²) in [5.41, 5.74) is 2.20. The largest absolute Gasteiger partial charge is 0.493 e. The van der Waals surface area contributed by atoms with Gasteiger partial charge in [0.25, 0.3) is 5.91 Å². The van der Waals surface area contributed by atoms with Crippen LogP contribution in [0.5, 0.6) is 23.0 Å². The lowest BCUT2D eigenvalue weighted by molar-refractivity contribution is -0.126. The Kier molecular flexibility index (Phi) is 4.88. The van der Waals surface area contributed by atoms with Crippen molar-refractivity contribution >= 4 is 23.6 Å². The number of ether oxygens (including phenoxy) is 4. The maximum Gasteiger partial charge on any atom is 0.260 e. The predicted molar refractivity (Wildman–Crippen MR) is 118 cm³/mol. The zero-order valence-electron chi connectivity index (χ0n) is 18.3. The Morgan fingerprint density at radius 2 is 1.97 bits per heavy atom. The number of fused-ring (bicyclic) bond motifs is 4. The molecule has 5 rings (SSSR count). The molecule has 32 heavy (non-hydrogen) atoms. The Balaban J connectivity index is 1.41. The lowest BCUT2D eigenvalue weighted by atomic mass is 10.0. The molecule has 9 heteroatoms. The van der Waals surface area contributed by atoms with Crippen molar-refractivity contribution < 1.29 is 28.5 Å². The molecule has 0 aromatic heterocycles. The Morgan fingerprint density at radius 3 is 2.72 bits per heavy atom. The zero-order chi connectivity index (χ0) is 22.6. The molecular formula is C23H24N2O6S. The first-order chi connectivity index (χ1) is 15.4. The fraction of sp³-hybridized carbons (Fsp3) is 0.391.